The van der Waals surface area contributed by atoms with E-state index in [0.29, 0.717) is 23.1 Å². The Labute approximate surface area is 156 Å². The molecule has 140 valence electrons. The van der Waals surface area contributed by atoms with E-state index in [4.69, 9.17) is 5.73 Å². The van der Waals surface area contributed by atoms with E-state index in [9.17, 15) is 9.59 Å². The molecule has 0 bridgehead atoms. The molecule has 2 amide bonds. The van der Waals surface area contributed by atoms with Crippen molar-refractivity contribution in [2.75, 3.05) is 18.4 Å². The molecule has 1 aromatic carbocycles. The summed E-state index contributed by atoms with van der Waals surface area (Å²) in [6.07, 6.45) is 1.15. The van der Waals surface area contributed by atoms with Crippen molar-refractivity contribution in [3.8, 4) is 0 Å². The van der Waals surface area contributed by atoms with E-state index < -0.39 is 0 Å². The van der Waals surface area contributed by atoms with Crippen LogP contribution in [0.5, 0.6) is 0 Å². The zero-order valence-corrected chi connectivity index (χ0v) is 16.3. The highest BCUT2D eigenvalue weighted by molar-refractivity contribution is 6.04. The van der Waals surface area contributed by atoms with Crippen LogP contribution in [-0.2, 0) is 4.79 Å². The van der Waals surface area contributed by atoms with Crippen molar-refractivity contribution < 1.29 is 9.59 Å². The number of rotatable bonds is 4. The minimum atomic E-state index is -0.316. The molecule has 2 rings (SSSR count). The topological polar surface area (TPSA) is 75.4 Å². The Morgan fingerprint density at radius 2 is 1.72 bits per heavy atom. The largest absolute Gasteiger partial charge is 0.338 e. The second-order valence-electron chi connectivity index (χ2n) is 7.34. The summed E-state index contributed by atoms with van der Waals surface area (Å²) in [6, 6.07) is 6.96. The average Bonchev–Trinajstić information content (AvgIpc) is 2.52. The van der Waals surface area contributed by atoms with E-state index in [1.807, 2.05) is 17.0 Å². The third-order valence-electron chi connectivity index (χ3n) is 4.77. The summed E-state index contributed by atoms with van der Waals surface area (Å²) in [6.45, 7) is 9.47. The van der Waals surface area contributed by atoms with Crippen molar-refractivity contribution >= 4 is 29.9 Å². The van der Waals surface area contributed by atoms with E-state index in [1.165, 1.54) is 0 Å². The number of hydrogen-bond donors (Lipinski definition) is 2. The van der Waals surface area contributed by atoms with Crippen LogP contribution in [0.15, 0.2) is 24.3 Å². The lowest BCUT2D eigenvalue weighted by Gasteiger charge is -2.35. The number of carbonyl (C=O) groups excluding carboxylic acids is 2. The van der Waals surface area contributed by atoms with Crippen molar-refractivity contribution in [1.82, 2.24) is 4.90 Å². The van der Waals surface area contributed by atoms with Crippen LogP contribution in [0.3, 0.4) is 0 Å². The molecule has 5 nitrogen and oxygen atoms in total. The maximum atomic E-state index is 12.9. The third-order valence-corrected chi connectivity index (χ3v) is 4.77. The second kappa shape index (κ2) is 9.20. The van der Waals surface area contributed by atoms with Gasteiger partial charge in [-0.3, -0.25) is 9.59 Å². The van der Waals surface area contributed by atoms with Gasteiger partial charge in [0.25, 0.3) is 5.91 Å². The Hall–Kier alpha value is -1.59. The minimum Gasteiger partial charge on any atom is -0.338 e. The number of nitrogens with one attached hydrogen (secondary N) is 1. The Morgan fingerprint density at radius 3 is 2.28 bits per heavy atom. The van der Waals surface area contributed by atoms with Crippen molar-refractivity contribution in [2.45, 2.75) is 40.2 Å². The van der Waals surface area contributed by atoms with Gasteiger partial charge in [0.05, 0.1) is 17.2 Å². The number of nitrogens with two attached hydrogens (primary N) is 1. The van der Waals surface area contributed by atoms with Gasteiger partial charge in [-0.25, -0.2) is 0 Å². The number of benzene rings is 1. The second-order valence-corrected chi connectivity index (χ2v) is 7.34. The molecule has 0 saturated carbocycles. The Kier molecular flexibility index (Phi) is 7.90. The summed E-state index contributed by atoms with van der Waals surface area (Å²) >= 11 is 0. The van der Waals surface area contributed by atoms with Gasteiger partial charge in [0.15, 0.2) is 0 Å². The molecule has 1 aliphatic heterocycles. The van der Waals surface area contributed by atoms with E-state index in [1.54, 1.807) is 26.0 Å². The number of hydrogen-bond acceptors (Lipinski definition) is 3. The quantitative estimate of drug-likeness (QED) is 0.858. The number of piperidine rings is 1. The van der Waals surface area contributed by atoms with Crippen LogP contribution in [0, 0.1) is 17.8 Å². The van der Waals surface area contributed by atoms with E-state index in [0.717, 1.165) is 19.5 Å². The van der Waals surface area contributed by atoms with Crippen LogP contribution in [0.4, 0.5) is 5.69 Å². The first-order valence-corrected chi connectivity index (χ1v) is 8.74. The van der Waals surface area contributed by atoms with E-state index >= 15 is 0 Å². The van der Waals surface area contributed by atoms with Gasteiger partial charge in [0.1, 0.15) is 0 Å². The summed E-state index contributed by atoms with van der Waals surface area (Å²) in [7, 11) is 0. The molecule has 1 fully saturated rings. The molecule has 4 atom stereocenters. The average molecular weight is 368 g/mol. The van der Waals surface area contributed by atoms with Gasteiger partial charge >= 0.3 is 0 Å². The van der Waals surface area contributed by atoms with E-state index in [2.05, 4.69) is 19.2 Å². The summed E-state index contributed by atoms with van der Waals surface area (Å²) in [5, 5.41) is 2.87. The number of carbonyl (C=O) groups is 2. The highest BCUT2D eigenvalue weighted by Gasteiger charge is 2.28. The number of anilines is 1. The molecular formula is C19H30ClN3O2. The molecule has 1 heterocycles. The van der Waals surface area contributed by atoms with Crippen LogP contribution in [0.1, 0.15) is 44.5 Å². The molecule has 25 heavy (non-hydrogen) atoms. The first-order chi connectivity index (χ1) is 11.3. The Balaban J connectivity index is 0.00000312. The van der Waals surface area contributed by atoms with E-state index in [-0.39, 0.29) is 36.2 Å². The SMILES string of the molecule is CC1CC(C)CN(C(=O)c2ccccc2NC(=O)C(C)C(C)N)C1.Cl. The maximum absolute atomic E-state index is 12.9. The molecule has 0 radical (unpaired) electrons. The summed E-state index contributed by atoms with van der Waals surface area (Å²) in [5.41, 5.74) is 6.91. The first kappa shape index (κ1) is 21.5. The summed E-state index contributed by atoms with van der Waals surface area (Å²) in [4.78, 5) is 27.1. The predicted molar refractivity (Wildman–Crippen MR) is 104 cm³/mol. The zero-order valence-electron chi connectivity index (χ0n) is 15.5. The van der Waals surface area contributed by atoms with Crippen molar-refractivity contribution in [2.24, 2.45) is 23.5 Å². The molecule has 3 N–H and O–H groups in total. The van der Waals surface area contributed by atoms with Gasteiger partial charge in [0, 0.05) is 19.1 Å². The lowest BCUT2D eigenvalue weighted by atomic mass is 9.91. The van der Waals surface area contributed by atoms with Gasteiger partial charge in [-0.05, 0) is 37.3 Å². The van der Waals surface area contributed by atoms with Gasteiger partial charge in [-0.15, -0.1) is 12.4 Å². The number of nitrogens with zero attached hydrogens (tertiary/aromatic N) is 1. The van der Waals surface area contributed by atoms with Gasteiger partial charge in [0.2, 0.25) is 5.91 Å². The van der Waals surface area contributed by atoms with Crippen LogP contribution in [-0.4, -0.2) is 35.8 Å². The first-order valence-electron chi connectivity index (χ1n) is 8.74. The van der Waals surface area contributed by atoms with Gasteiger partial charge < -0.3 is 16.0 Å². The smallest absolute Gasteiger partial charge is 0.255 e. The van der Waals surface area contributed by atoms with Crippen LogP contribution in [0.25, 0.3) is 0 Å². The molecule has 1 aromatic rings. The number of likely N-dealkylation sites (tertiary alicyclic amines) is 1. The monoisotopic (exact) mass is 367 g/mol. The summed E-state index contributed by atoms with van der Waals surface area (Å²) < 4.78 is 0. The van der Waals surface area contributed by atoms with Gasteiger partial charge in [-0.2, -0.15) is 0 Å². The predicted octanol–water partition coefficient (Wildman–Crippen LogP) is 3.15. The summed E-state index contributed by atoms with van der Waals surface area (Å²) in [5.74, 6) is 0.502. The lowest BCUT2D eigenvalue weighted by molar-refractivity contribution is -0.119. The Morgan fingerprint density at radius 1 is 1.16 bits per heavy atom. The maximum Gasteiger partial charge on any atom is 0.255 e. The van der Waals surface area contributed by atoms with Crippen LogP contribution >= 0.6 is 12.4 Å². The third kappa shape index (κ3) is 5.44. The number of amides is 2. The highest BCUT2D eigenvalue weighted by atomic mass is 35.5. The molecule has 1 aliphatic rings. The van der Waals surface area contributed by atoms with Crippen LogP contribution < -0.4 is 11.1 Å². The molecular weight excluding hydrogens is 338 g/mol. The molecule has 4 unspecified atom stereocenters. The minimum absolute atomic E-state index is 0. The molecule has 6 heteroatoms. The fourth-order valence-corrected chi connectivity index (χ4v) is 3.26. The molecule has 0 aromatic heterocycles. The molecule has 0 aliphatic carbocycles. The van der Waals surface area contributed by atoms with Crippen LogP contribution in [0.2, 0.25) is 0 Å². The lowest BCUT2D eigenvalue weighted by Crippen LogP contribution is -2.43. The number of halogens is 1. The highest BCUT2D eigenvalue weighted by Crippen LogP contribution is 2.25. The fourth-order valence-electron chi connectivity index (χ4n) is 3.26. The Bertz CT molecular complexity index is 596. The standard InChI is InChI=1S/C19H29N3O2.ClH/c1-12-9-13(2)11-22(10-12)19(24)16-7-5-6-8-17(16)21-18(23)14(3)15(4)20;/h5-8,12-15H,9-11,20H2,1-4H3,(H,21,23);1H. The number of para-hydroxylation sites is 1. The fraction of sp³-hybridized carbons (Fsp3) is 0.579. The normalized spacial score (nSPS) is 22.5. The molecule has 1 saturated heterocycles. The van der Waals surface area contributed by atoms with Gasteiger partial charge in [-0.1, -0.05) is 32.9 Å². The zero-order chi connectivity index (χ0) is 17.9. The molecule has 0 spiro atoms. The van der Waals surface area contributed by atoms with Crippen molar-refractivity contribution in [1.29, 1.82) is 0 Å². The van der Waals surface area contributed by atoms with Crippen molar-refractivity contribution in [3.05, 3.63) is 29.8 Å². The van der Waals surface area contributed by atoms with Crippen molar-refractivity contribution in [3.63, 3.8) is 0 Å².